The Balaban J connectivity index is 1.54. The highest BCUT2D eigenvalue weighted by molar-refractivity contribution is 7.90. The van der Waals surface area contributed by atoms with Gasteiger partial charge in [-0.15, -0.1) is 0 Å². The van der Waals surface area contributed by atoms with E-state index < -0.39 is 15.9 Å². The molecule has 0 spiro atoms. The Morgan fingerprint density at radius 3 is 2.52 bits per heavy atom. The maximum Gasteiger partial charge on any atom is 0.281 e. The highest BCUT2D eigenvalue weighted by Gasteiger charge is 2.32. The van der Waals surface area contributed by atoms with Crippen LogP contribution in [0.5, 0.6) is 5.88 Å². The van der Waals surface area contributed by atoms with Crippen molar-refractivity contribution in [1.29, 1.82) is 0 Å². The van der Waals surface area contributed by atoms with Gasteiger partial charge in [0.05, 0.1) is 23.4 Å². The molecule has 5 rings (SSSR count). The van der Waals surface area contributed by atoms with Gasteiger partial charge in [0.15, 0.2) is 5.03 Å². The van der Waals surface area contributed by atoms with Crippen LogP contribution in [0.4, 0.5) is 11.6 Å². The van der Waals surface area contributed by atoms with E-state index in [2.05, 4.69) is 19.6 Å². The fourth-order valence-corrected chi connectivity index (χ4v) is 5.64. The highest BCUT2D eigenvalue weighted by atomic mass is 32.2. The first-order valence-electron chi connectivity index (χ1n) is 13.0. The molecule has 4 aromatic rings. The number of anilines is 2. The van der Waals surface area contributed by atoms with Crippen LogP contribution in [0.3, 0.4) is 0 Å². The van der Waals surface area contributed by atoms with Crippen molar-refractivity contribution >= 4 is 27.6 Å². The van der Waals surface area contributed by atoms with E-state index in [1.807, 2.05) is 50.2 Å². The smallest absolute Gasteiger partial charge is 0.281 e. The zero-order chi connectivity index (χ0) is 28.3. The van der Waals surface area contributed by atoms with Gasteiger partial charge in [-0.2, -0.15) is 8.42 Å². The van der Waals surface area contributed by atoms with Crippen molar-refractivity contribution < 1.29 is 17.9 Å². The average Bonchev–Trinajstić information content (AvgIpc) is 3.43. The largest absolute Gasteiger partial charge is 0.475 e. The number of amides is 1. The molecule has 1 unspecified atom stereocenters. The first-order valence-corrected chi connectivity index (χ1v) is 14.4. The lowest BCUT2D eigenvalue weighted by atomic mass is 10.0. The number of hydrogen-bond acceptors (Lipinski definition) is 9. The minimum atomic E-state index is -4.27. The van der Waals surface area contributed by atoms with E-state index in [9.17, 15) is 13.2 Å². The van der Waals surface area contributed by atoms with Gasteiger partial charge in [-0.25, -0.2) is 19.7 Å². The molecular weight excluding hydrogens is 528 g/mol. The average molecular weight is 559 g/mol. The lowest BCUT2D eigenvalue weighted by Gasteiger charge is -2.28. The summed E-state index contributed by atoms with van der Waals surface area (Å²) in [6.07, 6.45) is 3.41. The number of nitrogens with one attached hydrogen (secondary N) is 1. The number of nitrogen functional groups attached to an aromatic ring is 1. The summed E-state index contributed by atoms with van der Waals surface area (Å²) in [4.78, 5) is 28.7. The molecule has 10 nitrogen and oxygen atoms in total. The summed E-state index contributed by atoms with van der Waals surface area (Å²) in [6.45, 7) is 4.50. The molecule has 1 amide bonds. The number of benzene rings is 1. The van der Waals surface area contributed by atoms with E-state index in [0.717, 1.165) is 24.0 Å². The Kier molecular flexibility index (Phi) is 7.65. The predicted octanol–water partition coefficient (Wildman–Crippen LogP) is 4.37. The van der Waals surface area contributed by atoms with E-state index in [1.54, 1.807) is 24.4 Å². The third kappa shape index (κ3) is 5.89. The van der Waals surface area contributed by atoms with Gasteiger partial charge in [-0.05, 0) is 62.6 Å². The van der Waals surface area contributed by atoms with E-state index >= 15 is 0 Å². The zero-order valence-electron chi connectivity index (χ0n) is 22.2. The quantitative estimate of drug-likeness (QED) is 0.323. The fraction of sp³-hybridized carbons (Fsp3) is 0.241. The summed E-state index contributed by atoms with van der Waals surface area (Å²) in [5.41, 5.74) is 8.21. The van der Waals surface area contributed by atoms with E-state index in [0.29, 0.717) is 23.9 Å². The van der Waals surface area contributed by atoms with Gasteiger partial charge in [0, 0.05) is 24.4 Å². The van der Waals surface area contributed by atoms with Crippen LogP contribution in [-0.2, 0) is 10.0 Å². The Labute approximate surface area is 233 Å². The van der Waals surface area contributed by atoms with E-state index in [1.165, 1.54) is 18.2 Å². The van der Waals surface area contributed by atoms with Gasteiger partial charge in [0.1, 0.15) is 11.6 Å². The van der Waals surface area contributed by atoms with Gasteiger partial charge in [0.25, 0.3) is 15.9 Å². The van der Waals surface area contributed by atoms with Crippen molar-refractivity contribution in [3.05, 3.63) is 90.1 Å². The van der Waals surface area contributed by atoms with Crippen molar-refractivity contribution in [2.45, 2.75) is 43.9 Å². The van der Waals surface area contributed by atoms with E-state index in [-0.39, 0.29) is 28.6 Å². The second-order valence-corrected chi connectivity index (χ2v) is 11.3. The molecule has 1 saturated heterocycles. The molecule has 3 N–H and O–H groups in total. The van der Waals surface area contributed by atoms with Crippen molar-refractivity contribution in [3.8, 4) is 17.1 Å². The Morgan fingerprint density at radius 2 is 1.82 bits per heavy atom. The SMILES string of the molecule is CC(C)Oc1ccc(-c2ccc(C(=O)NS(=O)(=O)c3cccc(N)n3)c(N3CCCC3c3ccccc3)n2)cn1. The molecule has 1 aromatic carbocycles. The molecule has 0 radical (unpaired) electrons. The standard InChI is InChI=1S/C29H30N6O4S/c1-19(2)39-26-16-13-21(18-31-26)23-15-14-22(29(36)34-40(37,38)27-12-6-11-25(30)33-27)28(32-23)35-17-7-10-24(35)20-8-4-3-5-9-20/h3-6,8-9,11-16,18-19,24H,7,10,17H2,1-2H3,(H2,30,33)(H,34,36). The normalized spacial score (nSPS) is 15.3. The zero-order valence-corrected chi connectivity index (χ0v) is 23.0. The van der Waals surface area contributed by atoms with Gasteiger partial charge in [-0.3, -0.25) is 4.79 Å². The highest BCUT2D eigenvalue weighted by Crippen LogP contribution is 2.38. The number of hydrogen-bond donors (Lipinski definition) is 2. The number of nitrogens with two attached hydrogens (primary N) is 1. The number of aromatic nitrogens is 3. The van der Waals surface area contributed by atoms with Crippen molar-refractivity contribution in [2.24, 2.45) is 0 Å². The summed E-state index contributed by atoms with van der Waals surface area (Å²) in [5, 5.41) is -0.343. The van der Waals surface area contributed by atoms with Crippen LogP contribution in [0.15, 0.2) is 84.0 Å². The molecule has 0 aliphatic carbocycles. The van der Waals surface area contributed by atoms with Crippen LogP contribution in [-0.4, -0.2) is 41.9 Å². The lowest BCUT2D eigenvalue weighted by molar-refractivity contribution is 0.0981. The molecule has 3 aromatic heterocycles. The number of rotatable bonds is 8. The molecule has 1 aliphatic heterocycles. The number of sulfonamides is 1. The molecule has 0 saturated carbocycles. The van der Waals surface area contributed by atoms with E-state index in [4.69, 9.17) is 15.5 Å². The van der Waals surface area contributed by atoms with Crippen LogP contribution in [0.2, 0.25) is 0 Å². The number of ether oxygens (including phenoxy) is 1. The maximum absolute atomic E-state index is 13.5. The van der Waals surface area contributed by atoms with Crippen LogP contribution in [0.1, 0.15) is 48.7 Å². The number of carbonyl (C=O) groups excluding carboxylic acids is 1. The molecular formula is C29H30N6O4S. The Morgan fingerprint density at radius 1 is 1.02 bits per heavy atom. The second-order valence-electron chi connectivity index (χ2n) is 9.72. The molecule has 40 heavy (non-hydrogen) atoms. The van der Waals surface area contributed by atoms with Gasteiger partial charge < -0.3 is 15.4 Å². The topological polar surface area (TPSA) is 140 Å². The van der Waals surface area contributed by atoms with Crippen LogP contribution in [0, 0.1) is 0 Å². The third-order valence-electron chi connectivity index (χ3n) is 6.46. The molecule has 1 aliphatic rings. The summed E-state index contributed by atoms with van der Waals surface area (Å²) < 4.78 is 33.7. The predicted molar refractivity (Wildman–Crippen MR) is 152 cm³/mol. The van der Waals surface area contributed by atoms with Gasteiger partial charge >= 0.3 is 0 Å². The summed E-state index contributed by atoms with van der Waals surface area (Å²) >= 11 is 0. The van der Waals surface area contributed by atoms with Gasteiger partial charge in [0.2, 0.25) is 5.88 Å². The summed E-state index contributed by atoms with van der Waals surface area (Å²) in [6, 6.07) is 21.1. The minimum Gasteiger partial charge on any atom is -0.475 e. The monoisotopic (exact) mass is 558 g/mol. The number of nitrogens with zero attached hydrogens (tertiary/aromatic N) is 4. The van der Waals surface area contributed by atoms with Crippen LogP contribution < -0.4 is 20.1 Å². The maximum atomic E-state index is 13.5. The first kappa shape index (κ1) is 27.1. The van der Waals surface area contributed by atoms with Crippen molar-refractivity contribution in [2.75, 3.05) is 17.2 Å². The molecule has 4 heterocycles. The third-order valence-corrected chi connectivity index (χ3v) is 7.70. The summed E-state index contributed by atoms with van der Waals surface area (Å²) in [5.74, 6) is 0.109. The Bertz CT molecular complexity index is 1610. The first-order chi connectivity index (χ1) is 19.2. The van der Waals surface area contributed by atoms with Crippen molar-refractivity contribution in [1.82, 2.24) is 19.7 Å². The minimum absolute atomic E-state index is 0.00948. The second kappa shape index (κ2) is 11.3. The number of pyridine rings is 3. The van der Waals surface area contributed by atoms with Gasteiger partial charge in [-0.1, -0.05) is 36.4 Å². The number of carbonyl (C=O) groups is 1. The van der Waals surface area contributed by atoms with Crippen molar-refractivity contribution in [3.63, 3.8) is 0 Å². The molecule has 1 atom stereocenters. The summed E-state index contributed by atoms with van der Waals surface area (Å²) in [7, 11) is -4.27. The molecule has 11 heteroatoms. The molecule has 1 fully saturated rings. The van der Waals surface area contributed by atoms with Crippen LogP contribution in [0.25, 0.3) is 11.3 Å². The lowest BCUT2D eigenvalue weighted by Crippen LogP contribution is -2.34. The fourth-order valence-electron chi connectivity index (χ4n) is 4.70. The molecule has 206 valence electrons. The molecule has 0 bridgehead atoms. The Hall–Kier alpha value is -4.51. The van der Waals surface area contributed by atoms with Crippen LogP contribution >= 0.6 is 0 Å².